The molecule has 4 aromatic carbocycles. The van der Waals surface area contributed by atoms with Crippen LogP contribution in [-0.2, 0) is 9.47 Å². The Morgan fingerprint density at radius 2 is 1.06 bits per heavy atom. The number of hydrogen-bond acceptors (Lipinski definition) is 6. The van der Waals surface area contributed by atoms with E-state index in [0.29, 0.717) is 13.3 Å². The minimum atomic E-state index is 0.0139. The number of nitrogens with one attached hydrogen (secondary N) is 4. The molecule has 4 N–H and O–H groups in total. The summed E-state index contributed by atoms with van der Waals surface area (Å²) < 4.78 is 12.4. The van der Waals surface area contributed by atoms with Gasteiger partial charge in [-0.3, -0.25) is 0 Å². The average Bonchev–Trinajstić information content (AvgIpc) is 2.87. The van der Waals surface area contributed by atoms with Gasteiger partial charge in [-0.1, -0.05) is 48.5 Å². The number of anilines is 4. The Morgan fingerprint density at radius 3 is 1.50 bits per heavy atom. The molecule has 7 rings (SSSR count). The lowest BCUT2D eigenvalue weighted by molar-refractivity contribution is -0.115. The number of rotatable bonds is 4. The van der Waals surface area contributed by atoms with E-state index in [1.54, 1.807) is 0 Å². The summed E-state index contributed by atoms with van der Waals surface area (Å²) in [5, 5.41) is 19.1. The fourth-order valence-corrected chi connectivity index (χ4v) is 6.45. The highest BCUT2D eigenvalue weighted by molar-refractivity contribution is 6.07. The number of hydrogen-bond donors (Lipinski definition) is 4. The topological polar surface area (TPSA) is 66.6 Å². The van der Waals surface area contributed by atoms with Crippen LogP contribution in [0.15, 0.2) is 60.7 Å². The van der Waals surface area contributed by atoms with Gasteiger partial charge in [-0.2, -0.15) is 0 Å². The molecule has 2 heterocycles. The maximum Gasteiger partial charge on any atom is 0.0849 e. The Kier molecular flexibility index (Phi) is 4.41. The molecular formula is C28H28N4O2. The Balaban J connectivity index is 1.36. The second-order valence-corrected chi connectivity index (χ2v) is 9.38. The van der Waals surface area contributed by atoms with Crippen LogP contribution in [0.2, 0.25) is 0 Å². The van der Waals surface area contributed by atoms with Crippen LogP contribution in [0.1, 0.15) is 23.0 Å². The zero-order chi connectivity index (χ0) is 22.8. The molecule has 0 radical (unpaired) electrons. The van der Waals surface area contributed by atoms with Crippen LogP contribution in [0.25, 0.3) is 21.5 Å². The van der Waals surface area contributed by atoms with Crippen LogP contribution in [0.5, 0.6) is 0 Å². The summed E-state index contributed by atoms with van der Waals surface area (Å²) in [5.41, 5.74) is 7.28. The van der Waals surface area contributed by atoms with Gasteiger partial charge in [-0.05, 0) is 34.0 Å². The van der Waals surface area contributed by atoms with Crippen molar-refractivity contribution >= 4 is 44.3 Å². The predicted molar refractivity (Wildman–Crippen MR) is 139 cm³/mol. The van der Waals surface area contributed by atoms with E-state index in [0.717, 1.165) is 0 Å². The molecule has 6 nitrogen and oxygen atoms in total. The minimum absolute atomic E-state index is 0.0139. The molecule has 172 valence electrons. The Hall–Kier alpha value is -3.48. The summed E-state index contributed by atoms with van der Waals surface area (Å²) in [4.78, 5) is 0. The molecule has 0 atom stereocenters. The Bertz CT molecular complexity index is 1320. The highest BCUT2D eigenvalue weighted by Crippen LogP contribution is 2.56. The van der Waals surface area contributed by atoms with E-state index in [2.05, 4.69) is 81.9 Å². The van der Waals surface area contributed by atoms with E-state index >= 15 is 0 Å². The maximum absolute atomic E-state index is 6.21. The summed E-state index contributed by atoms with van der Waals surface area (Å²) in [7, 11) is 3.66. The van der Waals surface area contributed by atoms with Crippen molar-refractivity contribution < 1.29 is 9.47 Å². The number of methoxy groups -OCH3 is 2. The van der Waals surface area contributed by atoms with Crippen molar-refractivity contribution in [3.8, 4) is 0 Å². The Morgan fingerprint density at radius 1 is 0.588 bits per heavy atom. The van der Waals surface area contributed by atoms with Crippen molar-refractivity contribution in [3.63, 3.8) is 0 Å². The van der Waals surface area contributed by atoms with Crippen LogP contribution < -0.4 is 21.3 Å². The highest BCUT2D eigenvalue weighted by Gasteiger charge is 2.54. The standard InChI is InChI=1S/C28H28N4O2/c1-33-27-23(17-11-9-15-5-3-7-19-21(15)25(17)31-13-29-19)28(34-2)24(27)18-12-10-16-6-4-8-20-22(16)26(18)32-14-30-20/h3-12,23-24,27-32H,13-14H2,1-2H3. The fraction of sp³-hybridized carbons (Fsp3) is 0.286. The summed E-state index contributed by atoms with van der Waals surface area (Å²) >= 11 is 0. The highest BCUT2D eigenvalue weighted by atomic mass is 16.5. The quantitative estimate of drug-likeness (QED) is 0.328. The van der Waals surface area contributed by atoms with Gasteiger partial charge in [0.2, 0.25) is 0 Å². The van der Waals surface area contributed by atoms with E-state index in [1.807, 2.05) is 14.2 Å². The van der Waals surface area contributed by atoms with E-state index in [9.17, 15) is 0 Å². The summed E-state index contributed by atoms with van der Waals surface area (Å²) in [6, 6.07) is 21.8. The van der Waals surface area contributed by atoms with Crippen molar-refractivity contribution in [1.82, 2.24) is 0 Å². The second-order valence-electron chi connectivity index (χ2n) is 9.38. The summed E-state index contributed by atoms with van der Waals surface area (Å²) in [6.07, 6.45) is 0.0279. The first-order chi connectivity index (χ1) is 16.8. The molecule has 0 saturated heterocycles. The third-order valence-electron chi connectivity index (χ3n) is 7.92. The van der Waals surface area contributed by atoms with Crippen molar-refractivity contribution in [2.45, 2.75) is 24.0 Å². The summed E-state index contributed by atoms with van der Waals surface area (Å²) in [6.45, 7) is 1.42. The van der Waals surface area contributed by atoms with Crippen LogP contribution in [-0.4, -0.2) is 39.8 Å². The van der Waals surface area contributed by atoms with Gasteiger partial charge in [-0.25, -0.2) is 0 Å². The van der Waals surface area contributed by atoms with Crippen molar-refractivity contribution in [2.24, 2.45) is 0 Å². The SMILES string of the molecule is COC1C(c2ccc3cccc4c3c2NCN4)C(OC)C1c1ccc2cccc3c2c1NCN3. The average molecular weight is 453 g/mol. The largest absolute Gasteiger partial charge is 0.380 e. The molecule has 0 bridgehead atoms. The van der Waals surface area contributed by atoms with Gasteiger partial charge >= 0.3 is 0 Å². The van der Waals surface area contributed by atoms with Crippen molar-refractivity contribution in [2.75, 3.05) is 48.8 Å². The molecule has 6 heteroatoms. The molecule has 0 unspecified atom stereocenters. The van der Waals surface area contributed by atoms with Crippen molar-refractivity contribution in [3.05, 3.63) is 71.8 Å². The van der Waals surface area contributed by atoms with Crippen LogP contribution in [0.4, 0.5) is 22.7 Å². The van der Waals surface area contributed by atoms with Gasteiger partial charge in [0.05, 0.1) is 25.5 Å². The zero-order valence-corrected chi connectivity index (χ0v) is 19.3. The van der Waals surface area contributed by atoms with Gasteiger partial charge in [0.25, 0.3) is 0 Å². The van der Waals surface area contributed by atoms with Gasteiger partial charge in [-0.15, -0.1) is 0 Å². The van der Waals surface area contributed by atoms with Crippen LogP contribution in [0, 0.1) is 0 Å². The van der Waals surface area contributed by atoms with E-state index < -0.39 is 0 Å². The molecule has 0 spiro atoms. The van der Waals surface area contributed by atoms with E-state index in [-0.39, 0.29) is 24.0 Å². The van der Waals surface area contributed by atoms with Gasteiger partial charge in [0, 0.05) is 59.6 Å². The molecule has 1 aliphatic carbocycles. The van der Waals surface area contributed by atoms with Crippen LogP contribution >= 0.6 is 0 Å². The third-order valence-corrected chi connectivity index (χ3v) is 7.92. The van der Waals surface area contributed by atoms with E-state index in [4.69, 9.17) is 9.47 Å². The van der Waals surface area contributed by atoms with Gasteiger partial charge in [0.15, 0.2) is 0 Å². The normalized spacial score (nSPS) is 24.5. The van der Waals surface area contributed by atoms with Crippen LogP contribution in [0.3, 0.4) is 0 Å². The smallest absolute Gasteiger partial charge is 0.0849 e. The third kappa shape index (κ3) is 2.64. The maximum atomic E-state index is 6.21. The predicted octanol–water partition coefficient (Wildman–Crippen LogP) is 5.49. The van der Waals surface area contributed by atoms with Gasteiger partial charge in [0.1, 0.15) is 0 Å². The Labute approximate surface area is 198 Å². The lowest BCUT2D eigenvalue weighted by Crippen LogP contribution is -2.54. The second kappa shape index (κ2) is 7.52. The minimum Gasteiger partial charge on any atom is -0.380 e. The molecule has 2 aliphatic heterocycles. The molecular weight excluding hydrogens is 424 g/mol. The first-order valence-electron chi connectivity index (χ1n) is 11.9. The molecule has 1 fully saturated rings. The lowest BCUT2D eigenvalue weighted by atomic mass is 9.62. The number of benzene rings is 4. The molecule has 1 saturated carbocycles. The first kappa shape index (κ1) is 19.9. The molecule has 0 aromatic heterocycles. The van der Waals surface area contributed by atoms with Gasteiger partial charge < -0.3 is 30.7 Å². The summed E-state index contributed by atoms with van der Waals surface area (Å²) in [5.74, 6) is 0.274. The fourth-order valence-electron chi connectivity index (χ4n) is 6.45. The van der Waals surface area contributed by atoms with Crippen molar-refractivity contribution in [1.29, 1.82) is 0 Å². The molecule has 34 heavy (non-hydrogen) atoms. The van der Waals surface area contributed by atoms with E-state index in [1.165, 1.54) is 55.4 Å². The first-order valence-corrected chi connectivity index (χ1v) is 11.9. The number of ether oxygens (including phenoxy) is 2. The molecule has 0 amide bonds. The monoisotopic (exact) mass is 452 g/mol. The lowest BCUT2D eigenvalue weighted by Gasteiger charge is -2.52. The molecule has 3 aliphatic rings. The zero-order valence-electron chi connectivity index (χ0n) is 19.3. The molecule has 4 aromatic rings.